The minimum Gasteiger partial charge on any atom is -0.368 e. The predicted octanol–water partition coefficient (Wildman–Crippen LogP) is 1.51. The molecule has 0 N–H and O–H groups in total. The summed E-state index contributed by atoms with van der Waals surface area (Å²) in [5.74, 6) is 0.452. The maximum Gasteiger partial charge on any atom is 0.231 e. The Kier molecular flexibility index (Phi) is 3.81. The number of rotatable bonds is 2. The van der Waals surface area contributed by atoms with Crippen LogP contribution in [-0.4, -0.2) is 49.9 Å². The van der Waals surface area contributed by atoms with Gasteiger partial charge >= 0.3 is 0 Å². The molecule has 0 aliphatic carbocycles. The molecule has 0 spiro atoms. The van der Waals surface area contributed by atoms with Gasteiger partial charge in [0.1, 0.15) is 0 Å². The van der Waals surface area contributed by atoms with E-state index in [0.717, 1.165) is 43.1 Å². The highest BCUT2D eigenvalue weighted by molar-refractivity contribution is 6.01. The second-order valence-electron chi connectivity index (χ2n) is 6.41. The fourth-order valence-electron chi connectivity index (χ4n) is 3.20. The number of anilines is 2. The normalized spacial score (nSPS) is 18.2. The second-order valence-corrected chi connectivity index (χ2v) is 6.41. The molecule has 0 unspecified atom stereocenters. The van der Waals surface area contributed by atoms with E-state index < -0.39 is 0 Å². The zero-order valence-corrected chi connectivity index (χ0v) is 13.5. The van der Waals surface area contributed by atoms with Crippen molar-refractivity contribution >= 4 is 23.2 Å². The van der Waals surface area contributed by atoms with E-state index in [2.05, 4.69) is 17.0 Å². The largest absolute Gasteiger partial charge is 0.368 e. The first-order chi connectivity index (χ1) is 10.5. The van der Waals surface area contributed by atoms with Gasteiger partial charge in [-0.25, -0.2) is 0 Å². The maximum atomic E-state index is 12.0. The van der Waals surface area contributed by atoms with Crippen LogP contribution in [0.5, 0.6) is 0 Å². The summed E-state index contributed by atoms with van der Waals surface area (Å²) in [5, 5.41) is 0. The van der Waals surface area contributed by atoms with Gasteiger partial charge in [-0.15, -0.1) is 0 Å². The summed E-state index contributed by atoms with van der Waals surface area (Å²) >= 11 is 0. The highest BCUT2D eigenvalue weighted by Crippen LogP contribution is 2.31. The molecule has 118 valence electrons. The molecule has 0 bridgehead atoms. The third kappa shape index (κ3) is 2.56. The van der Waals surface area contributed by atoms with E-state index in [1.807, 2.05) is 31.9 Å². The molecule has 2 amide bonds. The van der Waals surface area contributed by atoms with Crippen molar-refractivity contribution in [3.8, 4) is 0 Å². The third-order valence-corrected chi connectivity index (χ3v) is 4.59. The molecule has 5 nitrogen and oxygen atoms in total. The first kappa shape index (κ1) is 14.9. The number of fused-ring (bicyclic) bond motifs is 1. The van der Waals surface area contributed by atoms with Crippen molar-refractivity contribution in [2.24, 2.45) is 5.92 Å². The van der Waals surface area contributed by atoms with Crippen molar-refractivity contribution in [3.63, 3.8) is 0 Å². The Bertz CT molecular complexity index is 604. The molecule has 0 saturated carbocycles. The minimum absolute atomic E-state index is 0.0631. The van der Waals surface area contributed by atoms with Gasteiger partial charge in [0, 0.05) is 50.5 Å². The van der Waals surface area contributed by atoms with Gasteiger partial charge in [0.2, 0.25) is 11.8 Å². The predicted molar refractivity (Wildman–Crippen MR) is 87.2 cm³/mol. The van der Waals surface area contributed by atoms with E-state index in [4.69, 9.17) is 0 Å². The third-order valence-electron chi connectivity index (χ3n) is 4.59. The molecule has 2 heterocycles. The zero-order valence-electron chi connectivity index (χ0n) is 13.5. The number of nitrogens with zero attached hydrogens (tertiary/aromatic N) is 3. The molecule has 1 fully saturated rings. The number of piperazine rings is 1. The molecule has 2 aliphatic heterocycles. The Labute approximate surface area is 131 Å². The van der Waals surface area contributed by atoms with Crippen molar-refractivity contribution in [2.75, 3.05) is 43.0 Å². The van der Waals surface area contributed by atoms with Gasteiger partial charge < -0.3 is 14.7 Å². The van der Waals surface area contributed by atoms with E-state index in [9.17, 15) is 9.59 Å². The van der Waals surface area contributed by atoms with E-state index in [1.165, 1.54) is 0 Å². The van der Waals surface area contributed by atoms with Crippen LogP contribution in [0.4, 0.5) is 11.4 Å². The lowest BCUT2D eigenvalue weighted by molar-refractivity contribution is -0.134. The van der Waals surface area contributed by atoms with Crippen molar-refractivity contribution in [1.29, 1.82) is 0 Å². The Morgan fingerprint density at radius 1 is 1.14 bits per heavy atom. The lowest BCUT2D eigenvalue weighted by atomic mass is 10.1. The van der Waals surface area contributed by atoms with Crippen LogP contribution in [0.15, 0.2) is 18.2 Å². The average molecular weight is 301 g/mol. The van der Waals surface area contributed by atoms with Gasteiger partial charge in [-0.3, -0.25) is 9.59 Å². The summed E-state index contributed by atoms with van der Waals surface area (Å²) in [6.07, 6.45) is 0.492. The number of carbonyl (C=O) groups excluding carboxylic acids is 2. The topological polar surface area (TPSA) is 43.9 Å². The zero-order chi connectivity index (χ0) is 15.9. The quantitative estimate of drug-likeness (QED) is 0.832. The van der Waals surface area contributed by atoms with Crippen molar-refractivity contribution in [3.05, 3.63) is 23.8 Å². The summed E-state index contributed by atoms with van der Waals surface area (Å²) in [7, 11) is 1.82. The van der Waals surface area contributed by atoms with E-state index >= 15 is 0 Å². The molecule has 1 aromatic carbocycles. The molecule has 0 radical (unpaired) electrons. The van der Waals surface area contributed by atoms with E-state index in [-0.39, 0.29) is 17.7 Å². The van der Waals surface area contributed by atoms with Crippen LogP contribution < -0.4 is 9.80 Å². The lowest BCUT2D eigenvalue weighted by Crippen LogP contribution is -2.49. The lowest BCUT2D eigenvalue weighted by Gasteiger charge is -2.37. The molecule has 5 heteroatoms. The van der Waals surface area contributed by atoms with Crippen LogP contribution in [0.2, 0.25) is 0 Å². The fourth-order valence-corrected chi connectivity index (χ4v) is 3.20. The number of likely N-dealkylation sites (N-methyl/N-ethyl adjacent to an activating group) is 1. The summed E-state index contributed by atoms with van der Waals surface area (Å²) in [4.78, 5) is 29.8. The molecule has 1 saturated heterocycles. The van der Waals surface area contributed by atoms with Crippen LogP contribution in [-0.2, 0) is 16.0 Å². The van der Waals surface area contributed by atoms with Crippen LogP contribution in [0.25, 0.3) is 0 Å². The van der Waals surface area contributed by atoms with Crippen molar-refractivity contribution < 1.29 is 9.59 Å². The minimum atomic E-state index is 0.0631. The molecule has 3 rings (SSSR count). The Morgan fingerprint density at radius 2 is 1.82 bits per heavy atom. The van der Waals surface area contributed by atoms with Crippen LogP contribution >= 0.6 is 0 Å². The maximum absolute atomic E-state index is 12.0. The number of amides is 2. The summed E-state index contributed by atoms with van der Waals surface area (Å²) in [6.45, 7) is 7.13. The Hall–Kier alpha value is -2.04. The number of hydrogen-bond acceptors (Lipinski definition) is 3. The van der Waals surface area contributed by atoms with Crippen LogP contribution in [0.1, 0.15) is 19.4 Å². The first-order valence-electron chi connectivity index (χ1n) is 7.90. The van der Waals surface area contributed by atoms with Gasteiger partial charge in [0.25, 0.3) is 0 Å². The first-order valence-corrected chi connectivity index (χ1v) is 7.90. The van der Waals surface area contributed by atoms with Gasteiger partial charge in [0.05, 0.1) is 6.42 Å². The van der Waals surface area contributed by atoms with Crippen LogP contribution in [0.3, 0.4) is 0 Å². The standard InChI is InChI=1S/C17H23N3O2/c1-12(2)17(22)20-8-6-19(7-9-20)14-4-5-15-13(10-14)11-16(21)18(15)3/h4-5,10,12H,6-9,11H2,1-3H3. The van der Waals surface area contributed by atoms with Gasteiger partial charge in [-0.05, 0) is 23.8 Å². The van der Waals surface area contributed by atoms with Gasteiger partial charge in [0.15, 0.2) is 0 Å². The Balaban J connectivity index is 1.69. The van der Waals surface area contributed by atoms with Gasteiger partial charge in [-0.2, -0.15) is 0 Å². The summed E-state index contributed by atoms with van der Waals surface area (Å²) < 4.78 is 0. The molecular weight excluding hydrogens is 278 g/mol. The number of hydrogen-bond donors (Lipinski definition) is 0. The van der Waals surface area contributed by atoms with Gasteiger partial charge in [-0.1, -0.05) is 13.8 Å². The Morgan fingerprint density at radius 3 is 2.45 bits per heavy atom. The number of benzene rings is 1. The molecular formula is C17H23N3O2. The molecule has 22 heavy (non-hydrogen) atoms. The monoisotopic (exact) mass is 301 g/mol. The summed E-state index contributed by atoms with van der Waals surface area (Å²) in [6, 6.07) is 6.23. The van der Waals surface area contributed by atoms with Crippen LogP contribution in [0, 0.1) is 5.92 Å². The number of carbonyl (C=O) groups is 2. The smallest absolute Gasteiger partial charge is 0.231 e. The molecule has 0 atom stereocenters. The highest BCUT2D eigenvalue weighted by atomic mass is 16.2. The van der Waals surface area contributed by atoms with E-state index in [0.29, 0.717) is 6.42 Å². The highest BCUT2D eigenvalue weighted by Gasteiger charge is 2.26. The van der Waals surface area contributed by atoms with Crippen molar-refractivity contribution in [2.45, 2.75) is 20.3 Å². The molecule has 1 aromatic rings. The second kappa shape index (κ2) is 5.63. The SMILES string of the molecule is CC(C)C(=O)N1CCN(c2ccc3c(c2)CC(=O)N3C)CC1. The summed E-state index contributed by atoms with van der Waals surface area (Å²) in [5.41, 5.74) is 3.27. The molecule has 2 aliphatic rings. The average Bonchev–Trinajstić information content (AvgIpc) is 2.81. The molecule has 0 aromatic heterocycles. The van der Waals surface area contributed by atoms with Crippen molar-refractivity contribution in [1.82, 2.24) is 4.90 Å². The van der Waals surface area contributed by atoms with E-state index in [1.54, 1.807) is 4.90 Å². The fraction of sp³-hybridized carbons (Fsp3) is 0.529.